The van der Waals surface area contributed by atoms with E-state index in [1.54, 1.807) is 29.2 Å². The first-order valence-electron chi connectivity index (χ1n) is 11.7. The summed E-state index contributed by atoms with van der Waals surface area (Å²) in [4.78, 5) is 26.4. The molecule has 1 fully saturated rings. The molecule has 188 valence electrons. The summed E-state index contributed by atoms with van der Waals surface area (Å²) >= 11 is 0. The average Bonchev–Trinajstić information content (AvgIpc) is 2.82. The first-order valence-corrected chi connectivity index (χ1v) is 11.7. The van der Waals surface area contributed by atoms with Gasteiger partial charge in [-0.3, -0.25) is 4.79 Å². The summed E-state index contributed by atoms with van der Waals surface area (Å²) < 4.78 is 16.5. The van der Waals surface area contributed by atoms with E-state index in [-0.39, 0.29) is 41.8 Å². The number of amides is 1. The molecule has 1 heterocycles. The number of aliphatic carboxylic acids is 1. The summed E-state index contributed by atoms with van der Waals surface area (Å²) in [5.41, 5.74) is 0.728. The van der Waals surface area contributed by atoms with Crippen molar-refractivity contribution in [1.82, 2.24) is 4.90 Å². The second-order valence-electron chi connectivity index (χ2n) is 8.35. The Labute approximate surface area is 201 Å². The van der Waals surface area contributed by atoms with E-state index in [1.807, 2.05) is 27.7 Å². The number of benzene rings is 1. The number of morpholine rings is 1. The number of nitrogens with zero attached hydrogens (tertiary/aromatic N) is 1. The first kappa shape index (κ1) is 27.2. The van der Waals surface area contributed by atoms with Gasteiger partial charge < -0.3 is 29.3 Å². The van der Waals surface area contributed by atoms with Gasteiger partial charge in [-0.15, -0.1) is 0 Å². The molecule has 1 aromatic rings. The number of carbonyl (C=O) groups excluding carboxylic acids is 1. The Balaban J connectivity index is 0.00000199. The van der Waals surface area contributed by atoms with Crippen molar-refractivity contribution in [2.75, 3.05) is 27.3 Å². The lowest BCUT2D eigenvalue weighted by Crippen LogP contribution is -2.48. The smallest absolute Gasteiger partial charge is 0.335 e. The molecule has 1 saturated heterocycles. The second kappa shape index (κ2) is 12.5. The number of rotatable bonds is 7. The molecule has 0 radical (unpaired) electrons. The number of carboxylic acid groups (broad SMARTS) is 1. The molecule has 0 spiro atoms. The first-order chi connectivity index (χ1) is 16.2. The molecule has 1 amide bonds. The molecule has 0 saturated carbocycles. The molecule has 0 bridgehead atoms. The molecule has 2 N–H and O–H groups in total. The van der Waals surface area contributed by atoms with E-state index in [1.165, 1.54) is 20.3 Å². The molecule has 1 aliphatic heterocycles. The number of carboxylic acids is 1. The van der Waals surface area contributed by atoms with Gasteiger partial charge in [0.25, 0.3) is 0 Å². The van der Waals surface area contributed by atoms with E-state index in [2.05, 4.69) is 0 Å². The topological polar surface area (TPSA) is 106 Å². The van der Waals surface area contributed by atoms with E-state index in [0.717, 1.165) is 0 Å². The van der Waals surface area contributed by atoms with Crippen molar-refractivity contribution in [3.8, 4) is 17.2 Å². The summed E-state index contributed by atoms with van der Waals surface area (Å²) in [5.74, 6) is -0.805. The molecule has 1 aromatic carbocycles. The average molecular weight is 476 g/mol. The summed E-state index contributed by atoms with van der Waals surface area (Å²) in [7, 11) is 3.00. The van der Waals surface area contributed by atoms with Gasteiger partial charge in [-0.2, -0.15) is 0 Å². The summed E-state index contributed by atoms with van der Waals surface area (Å²) in [6.45, 7) is 8.89. The summed E-state index contributed by atoms with van der Waals surface area (Å²) in [6, 6.07) is 3.18. The monoisotopic (exact) mass is 475 g/mol. The molecule has 1 aliphatic carbocycles. The fourth-order valence-electron chi connectivity index (χ4n) is 4.51. The van der Waals surface area contributed by atoms with Crippen LogP contribution in [0.2, 0.25) is 0 Å². The lowest BCUT2D eigenvalue weighted by Gasteiger charge is -2.37. The maximum atomic E-state index is 13.3. The molecular formula is C26H37NO7. The predicted molar refractivity (Wildman–Crippen MR) is 129 cm³/mol. The van der Waals surface area contributed by atoms with Crippen molar-refractivity contribution < 1.29 is 34.0 Å². The fraction of sp³-hybridized carbons (Fsp3) is 0.538. The van der Waals surface area contributed by atoms with Gasteiger partial charge in [0.05, 0.1) is 32.0 Å². The number of allylic oxidation sites excluding steroid dienone is 2. The van der Waals surface area contributed by atoms with E-state index >= 15 is 0 Å². The Bertz CT molecular complexity index is 914. The van der Waals surface area contributed by atoms with Crippen molar-refractivity contribution >= 4 is 11.9 Å². The molecule has 8 nitrogen and oxygen atoms in total. The minimum absolute atomic E-state index is 0.0240. The number of hydrogen-bond donors (Lipinski definition) is 2. The van der Waals surface area contributed by atoms with Crippen molar-refractivity contribution in [3.05, 3.63) is 41.5 Å². The SMILES string of the molecule is CC.COc1cc(O)c(C(CC(=O)N2CC(C)OC(C)C2)C2C=CC(C(=O)O)=CC2)c(OC)c1. The Morgan fingerprint density at radius 3 is 2.29 bits per heavy atom. The normalized spacial score (nSPS) is 22.7. The van der Waals surface area contributed by atoms with Gasteiger partial charge in [0, 0.05) is 43.1 Å². The van der Waals surface area contributed by atoms with Crippen LogP contribution in [-0.4, -0.2) is 66.5 Å². The van der Waals surface area contributed by atoms with Crippen LogP contribution in [0, 0.1) is 5.92 Å². The molecule has 4 unspecified atom stereocenters. The largest absolute Gasteiger partial charge is 0.507 e. The molecule has 0 aromatic heterocycles. The third-order valence-corrected chi connectivity index (χ3v) is 5.98. The highest BCUT2D eigenvalue weighted by Crippen LogP contribution is 2.45. The Morgan fingerprint density at radius 1 is 1.15 bits per heavy atom. The van der Waals surface area contributed by atoms with Crippen LogP contribution in [-0.2, 0) is 14.3 Å². The molecule has 34 heavy (non-hydrogen) atoms. The third-order valence-electron chi connectivity index (χ3n) is 5.98. The highest BCUT2D eigenvalue weighted by molar-refractivity contribution is 5.90. The van der Waals surface area contributed by atoms with Gasteiger partial charge in [0.1, 0.15) is 17.2 Å². The van der Waals surface area contributed by atoms with Crippen molar-refractivity contribution in [3.63, 3.8) is 0 Å². The van der Waals surface area contributed by atoms with Gasteiger partial charge in [-0.25, -0.2) is 4.79 Å². The van der Waals surface area contributed by atoms with E-state index in [9.17, 15) is 19.8 Å². The number of methoxy groups -OCH3 is 2. The summed E-state index contributed by atoms with van der Waals surface area (Å²) in [5, 5.41) is 20.1. The Kier molecular flexibility index (Phi) is 9.98. The maximum Gasteiger partial charge on any atom is 0.335 e. The highest BCUT2D eigenvalue weighted by Gasteiger charge is 2.34. The number of phenols is 1. The zero-order valence-corrected chi connectivity index (χ0v) is 20.9. The van der Waals surface area contributed by atoms with Gasteiger partial charge in [0.15, 0.2) is 0 Å². The zero-order chi connectivity index (χ0) is 25.4. The van der Waals surface area contributed by atoms with Crippen LogP contribution < -0.4 is 9.47 Å². The lowest BCUT2D eigenvalue weighted by atomic mass is 9.78. The molecule has 8 heteroatoms. The van der Waals surface area contributed by atoms with Crippen LogP contribution in [0.3, 0.4) is 0 Å². The summed E-state index contributed by atoms with van der Waals surface area (Å²) in [6.07, 6.45) is 5.47. The van der Waals surface area contributed by atoms with Crippen LogP contribution >= 0.6 is 0 Å². The lowest BCUT2D eigenvalue weighted by molar-refractivity contribution is -0.143. The van der Waals surface area contributed by atoms with Crippen LogP contribution in [0.25, 0.3) is 0 Å². The minimum Gasteiger partial charge on any atom is -0.507 e. The van der Waals surface area contributed by atoms with Crippen molar-refractivity contribution in [2.45, 2.75) is 58.7 Å². The second-order valence-corrected chi connectivity index (χ2v) is 8.35. The van der Waals surface area contributed by atoms with Crippen molar-refractivity contribution in [2.24, 2.45) is 5.92 Å². The number of phenolic OH excluding ortho intramolecular Hbond substituents is 1. The van der Waals surface area contributed by atoms with Gasteiger partial charge >= 0.3 is 5.97 Å². The number of aromatic hydroxyl groups is 1. The van der Waals surface area contributed by atoms with Gasteiger partial charge in [-0.1, -0.05) is 32.1 Å². The standard InChI is InChI=1S/C24H31NO7.C2H6/c1-14-12-25(13-15(2)32-14)22(27)11-19(16-5-7-17(8-6-16)24(28)29)23-20(26)9-18(30-3)10-21(23)31-4;1-2/h5,7-10,14-16,19,26H,6,11-13H2,1-4H3,(H,28,29);1-2H3. The molecule has 3 rings (SSSR count). The highest BCUT2D eigenvalue weighted by atomic mass is 16.5. The predicted octanol–water partition coefficient (Wildman–Crippen LogP) is 4.13. The molecule has 4 atom stereocenters. The van der Waals surface area contributed by atoms with Gasteiger partial charge in [0.2, 0.25) is 5.91 Å². The Hall–Kier alpha value is -3.00. The fourth-order valence-corrected chi connectivity index (χ4v) is 4.51. The third kappa shape index (κ3) is 6.53. The van der Waals surface area contributed by atoms with E-state index in [0.29, 0.717) is 36.6 Å². The zero-order valence-electron chi connectivity index (χ0n) is 20.9. The molecular weight excluding hydrogens is 438 g/mol. The Morgan fingerprint density at radius 2 is 1.79 bits per heavy atom. The van der Waals surface area contributed by atoms with Crippen molar-refractivity contribution in [1.29, 1.82) is 0 Å². The van der Waals surface area contributed by atoms with E-state index in [4.69, 9.17) is 14.2 Å². The van der Waals surface area contributed by atoms with Crippen LogP contribution in [0.15, 0.2) is 35.9 Å². The van der Waals surface area contributed by atoms with Crippen LogP contribution in [0.4, 0.5) is 0 Å². The van der Waals surface area contributed by atoms with Gasteiger partial charge in [-0.05, 0) is 26.2 Å². The number of ether oxygens (including phenoxy) is 3. The van der Waals surface area contributed by atoms with Crippen LogP contribution in [0.5, 0.6) is 17.2 Å². The number of carbonyl (C=O) groups is 2. The van der Waals surface area contributed by atoms with Crippen LogP contribution in [0.1, 0.15) is 52.0 Å². The molecule has 2 aliphatic rings. The minimum atomic E-state index is -0.992. The quantitative estimate of drug-likeness (QED) is 0.611. The van der Waals surface area contributed by atoms with E-state index < -0.39 is 11.9 Å². The number of hydrogen-bond acceptors (Lipinski definition) is 6. The maximum absolute atomic E-state index is 13.3.